The highest BCUT2D eigenvalue weighted by molar-refractivity contribution is 5.76. The number of hydrogen-bond acceptors (Lipinski definition) is 3. The Hall–Kier alpha value is -1.39. The van der Waals surface area contributed by atoms with Gasteiger partial charge in [-0.05, 0) is 57.8 Å². The zero-order valence-corrected chi connectivity index (χ0v) is 36.5. The van der Waals surface area contributed by atoms with Gasteiger partial charge in [0.2, 0.25) is 5.91 Å². The Morgan fingerprint density at radius 2 is 0.722 bits per heavy atom. The average Bonchev–Trinajstić information content (AvgIpc) is 3.18. The third kappa shape index (κ3) is 41.8. The van der Waals surface area contributed by atoms with Crippen molar-refractivity contribution in [1.82, 2.24) is 5.32 Å². The second kappa shape index (κ2) is 46.0. The Morgan fingerprint density at radius 1 is 0.426 bits per heavy atom. The van der Waals surface area contributed by atoms with E-state index in [-0.39, 0.29) is 12.5 Å². The predicted molar refractivity (Wildman–Crippen MR) is 239 cm³/mol. The number of unbranched alkanes of at least 4 members (excludes halogenated alkanes) is 33. The van der Waals surface area contributed by atoms with Gasteiger partial charge in [0, 0.05) is 6.42 Å². The summed E-state index contributed by atoms with van der Waals surface area (Å²) in [5, 5.41) is 22.9. The molecule has 0 fully saturated rings. The summed E-state index contributed by atoms with van der Waals surface area (Å²) in [7, 11) is 0. The van der Waals surface area contributed by atoms with Crippen molar-refractivity contribution in [2.24, 2.45) is 0 Å². The van der Waals surface area contributed by atoms with Crippen molar-refractivity contribution >= 4 is 5.91 Å². The molecule has 4 heteroatoms. The van der Waals surface area contributed by atoms with Crippen LogP contribution in [0.2, 0.25) is 0 Å². The van der Waals surface area contributed by atoms with Crippen LogP contribution in [0.1, 0.15) is 258 Å². The molecule has 0 spiro atoms. The third-order valence-corrected chi connectivity index (χ3v) is 11.1. The Balaban J connectivity index is 3.46. The standard InChI is InChI=1S/C50H95NO3/c1-3-5-7-9-11-13-15-17-18-19-20-21-22-23-24-25-26-27-28-29-30-31-32-33-34-36-38-40-42-44-46-50(54)51-48(47-52)49(53)45-43-41-39-37-35-16-14-12-10-8-6-4-2/h23-24,35,37,43,45,48-49,52-53H,3-22,25-34,36,38-42,44,46-47H2,1-2H3,(H,51,54)/b24-23-,37-35+,45-43+. The van der Waals surface area contributed by atoms with E-state index in [2.05, 4.69) is 43.5 Å². The number of carbonyl (C=O) groups excluding carboxylic acids is 1. The summed E-state index contributed by atoms with van der Waals surface area (Å²) in [5.74, 6) is -0.0730. The van der Waals surface area contributed by atoms with Crippen molar-refractivity contribution in [2.45, 2.75) is 270 Å². The monoisotopic (exact) mass is 758 g/mol. The highest BCUT2D eigenvalue weighted by Crippen LogP contribution is 2.16. The summed E-state index contributed by atoms with van der Waals surface area (Å²) in [6.45, 7) is 4.29. The zero-order chi connectivity index (χ0) is 39.3. The molecular formula is C50H95NO3. The van der Waals surface area contributed by atoms with Crippen LogP contribution in [0.3, 0.4) is 0 Å². The predicted octanol–water partition coefficient (Wildman–Crippen LogP) is 15.4. The van der Waals surface area contributed by atoms with Gasteiger partial charge in [0.05, 0.1) is 18.8 Å². The Morgan fingerprint density at radius 3 is 1.07 bits per heavy atom. The number of allylic oxidation sites excluding steroid dienone is 5. The fraction of sp³-hybridized carbons (Fsp3) is 0.860. The van der Waals surface area contributed by atoms with Crippen molar-refractivity contribution in [2.75, 3.05) is 6.61 Å². The Bertz CT molecular complexity index is 821. The second-order valence-corrected chi connectivity index (χ2v) is 16.5. The van der Waals surface area contributed by atoms with Crippen molar-refractivity contribution in [3.8, 4) is 0 Å². The zero-order valence-electron chi connectivity index (χ0n) is 36.5. The maximum Gasteiger partial charge on any atom is 0.220 e. The van der Waals surface area contributed by atoms with E-state index in [9.17, 15) is 15.0 Å². The molecule has 54 heavy (non-hydrogen) atoms. The van der Waals surface area contributed by atoms with Crippen LogP contribution in [0, 0.1) is 0 Å². The third-order valence-electron chi connectivity index (χ3n) is 11.1. The lowest BCUT2D eigenvalue weighted by Gasteiger charge is -2.19. The van der Waals surface area contributed by atoms with Crippen molar-refractivity contribution in [3.05, 3.63) is 36.5 Å². The average molecular weight is 758 g/mol. The number of hydrogen-bond donors (Lipinski definition) is 3. The van der Waals surface area contributed by atoms with Crippen LogP contribution in [0.5, 0.6) is 0 Å². The van der Waals surface area contributed by atoms with Gasteiger partial charge in [-0.25, -0.2) is 0 Å². The molecule has 0 aromatic heterocycles. The number of amides is 1. The van der Waals surface area contributed by atoms with Crippen LogP contribution in [-0.2, 0) is 4.79 Å². The lowest BCUT2D eigenvalue weighted by Crippen LogP contribution is -2.45. The van der Waals surface area contributed by atoms with E-state index < -0.39 is 12.1 Å². The largest absolute Gasteiger partial charge is 0.394 e. The molecular weight excluding hydrogens is 663 g/mol. The molecule has 4 nitrogen and oxygen atoms in total. The molecule has 0 aromatic carbocycles. The summed E-state index contributed by atoms with van der Waals surface area (Å²) >= 11 is 0. The van der Waals surface area contributed by atoms with E-state index in [1.165, 1.54) is 205 Å². The van der Waals surface area contributed by atoms with E-state index in [0.717, 1.165) is 32.1 Å². The molecule has 0 bridgehead atoms. The molecule has 0 aromatic rings. The number of carbonyl (C=O) groups is 1. The number of nitrogens with one attached hydrogen (secondary N) is 1. The molecule has 2 unspecified atom stereocenters. The number of rotatable bonds is 44. The first-order chi connectivity index (χ1) is 26.7. The summed E-state index contributed by atoms with van der Waals surface area (Å²) in [6, 6.07) is -0.636. The van der Waals surface area contributed by atoms with Crippen LogP contribution in [0.25, 0.3) is 0 Å². The highest BCUT2D eigenvalue weighted by Gasteiger charge is 2.17. The Labute approximate surface area is 338 Å². The maximum absolute atomic E-state index is 12.4. The van der Waals surface area contributed by atoms with E-state index in [0.29, 0.717) is 6.42 Å². The van der Waals surface area contributed by atoms with Gasteiger partial charge in [0.25, 0.3) is 0 Å². The van der Waals surface area contributed by atoms with Crippen LogP contribution < -0.4 is 5.32 Å². The van der Waals surface area contributed by atoms with Gasteiger partial charge in [-0.3, -0.25) is 4.79 Å². The summed E-state index contributed by atoms with van der Waals surface area (Å²) in [6.07, 6.45) is 61.4. The smallest absolute Gasteiger partial charge is 0.220 e. The van der Waals surface area contributed by atoms with Gasteiger partial charge in [-0.1, -0.05) is 230 Å². The molecule has 0 aliphatic heterocycles. The first kappa shape index (κ1) is 52.6. The molecule has 0 saturated heterocycles. The van der Waals surface area contributed by atoms with Crippen molar-refractivity contribution in [1.29, 1.82) is 0 Å². The molecule has 2 atom stereocenters. The quantitative estimate of drug-likeness (QED) is 0.0428. The van der Waals surface area contributed by atoms with Gasteiger partial charge in [-0.15, -0.1) is 0 Å². The molecule has 0 radical (unpaired) electrons. The van der Waals surface area contributed by atoms with Gasteiger partial charge in [0.15, 0.2) is 0 Å². The normalized spacial score (nSPS) is 13.2. The molecule has 318 valence electrons. The molecule has 0 saturated carbocycles. The summed E-state index contributed by atoms with van der Waals surface area (Å²) in [4.78, 5) is 12.4. The van der Waals surface area contributed by atoms with Gasteiger partial charge in [0.1, 0.15) is 0 Å². The van der Waals surface area contributed by atoms with Crippen molar-refractivity contribution in [3.63, 3.8) is 0 Å². The number of aliphatic hydroxyl groups is 2. The topological polar surface area (TPSA) is 69.6 Å². The first-order valence-corrected chi connectivity index (χ1v) is 24.2. The fourth-order valence-electron chi connectivity index (χ4n) is 7.37. The maximum atomic E-state index is 12.4. The molecule has 0 aliphatic rings. The minimum atomic E-state index is -0.859. The lowest BCUT2D eigenvalue weighted by atomic mass is 10.0. The summed E-state index contributed by atoms with van der Waals surface area (Å²) < 4.78 is 0. The van der Waals surface area contributed by atoms with E-state index in [1.807, 2.05) is 6.08 Å². The number of aliphatic hydroxyl groups excluding tert-OH is 2. The summed E-state index contributed by atoms with van der Waals surface area (Å²) in [5.41, 5.74) is 0. The van der Waals surface area contributed by atoms with Crippen molar-refractivity contribution < 1.29 is 15.0 Å². The molecule has 3 N–H and O–H groups in total. The molecule has 0 aliphatic carbocycles. The molecule has 1 amide bonds. The van der Waals surface area contributed by atoms with E-state index in [1.54, 1.807) is 6.08 Å². The van der Waals surface area contributed by atoms with E-state index >= 15 is 0 Å². The van der Waals surface area contributed by atoms with E-state index in [4.69, 9.17) is 0 Å². The fourth-order valence-corrected chi connectivity index (χ4v) is 7.37. The van der Waals surface area contributed by atoms with Crippen LogP contribution in [0.15, 0.2) is 36.5 Å². The van der Waals surface area contributed by atoms with Gasteiger partial charge < -0.3 is 15.5 Å². The highest BCUT2D eigenvalue weighted by atomic mass is 16.3. The van der Waals surface area contributed by atoms with Gasteiger partial charge >= 0.3 is 0 Å². The first-order valence-electron chi connectivity index (χ1n) is 24.2. The second-order valence-electron chi connectivity index (χ2n) is 16.5. The van der Waals surface area contributed by atoms with Gasteiger partial charge in [-0.2, -0.15) is 0 Å². The lowest BCUT2D eigenvalue weighted by molar-refractivity contribution is -0.123. The minimum Gasteiger partial charge on any atom is -0.394 e. The Kier molecular flexibility index (Phi) is 44.8. The van der Waals surface area contributed by atoms with Crippen LogP contribution in [-0.4, -0.2) is 34.9 Å². The molecule has 0 rings (SSSR count). The molecule has 0 heterocycles. The van der Waals surface area contributed by atoms with Crippen LogP contribution >= 0.6 is 0 Å². The minimum absolute atomic E-state index is 0.0730. The SMILES string of the molecule is CCCCCCCC/C=C/CC/C=C/C(O)C(CO)NC(=O)CCCCCCCCCCCCCCCC/C=C\CCCCCCCCCCCCCC. The van der Waals surface area contributed by atoms with Crippen LogP contribution in [0.4, 0.5) is 0 Å².